The number of carbonyl (C=O) groups is 2. The molecule has 0 aliphatic heterocycles. The molecule has 138 valence electrons. The molecule has 3 rings (SSSR count). The zero-order valence-electron chi connectivity index (χ0n) is 14.8. The summed E-state index contributed by atoms with van der Waals surface area (Å²) in [7, 11) is 3.27. The van der Waals surface area contributed by atoms with Gasteiger partial charge in [0.25, 0.3) is 5.91 Å². The Labute approximate surface area is 160 Å². The second-order valence-electron chi connectivity index (χ2n) is 5.69. The van der Waals surface area contributed by atoms with Crippen LogP contribution in [0.3, 0.4) is 0 Å². The average Bonchev–Trinajstić information content (AvgIpc) is 3.17. The van der Waals surface area contributed by atoms with Crippen LogP contribution < -0.4 is 10.6 Å². The highest BCUT2D eigenvalue weighted by Crippen LogP contribution is 2.24. The molecule has 0 unspecified atom stereocenters. The van der Waals surface area contributed by atoms with E-state index in [2.05, 4.69) is 25.8 Å². The van der Waals surface area contributed by atoms with E-state index in [1.807, 2.05) is 30.3 Å². The largest absolute Gasteiger partial charge is 0.355 e. The van der Waals surface area contributed by atoms with Gasteiger partial charge in [0.1, 0.15) is 5.69 Å². The Morgan fingerprint density at radius 1 is 1.11 bits per heavy atom. The Morgan fingerprint density at radius 2 is 1.89 bits per heavy atom. The van der Waals surface area contributed by atoms with Crippen LogP contribution in [0.25, 0.3) is 10.7 Å². The molecule has 27 heavy (non-hydrogen) atoms. The Morgan fingerprint density at radius 3 is 2.56 bits per heavy atom. The molecule has 0 spiro atoms. The topological polar surface area (TPSA) is 100 Å². The fraction of sp³-hybridized carbons (Fsp3) is 0.167. The number of urea groups is 1. The van der Waals surface area contributed by atoms with Crippen LogP contribution >= 0.6 is 11.3 Å². The van der Waals surface area contributed by atoms with Gasteiger partial charge in [0.15, 0.2) is 5.01 Å². The van der Waals surface area contributed by atoms with E-state index >= 15 is 0 Å². The fourth-order valence-electron chi connectivity index (χ4n) is 2.30. The van der Waals surface area contributed by atoms with E-state index in [0.29, 0.717) is 27.9 Å². The second-order valence-corrected chi connectivity index (χ2v) is 6.67. The molecule has 0 atom stereocenters. The highest BCUT2D eigenvalue weighted by Gasteiger charge is 2.14. The minimum atomic E-state index is -0.297. The summed E-state index contributed by atoms with van der Waals surface area (Å²) in [5.74, 6) is -0.146. The van der Waals surface area contributed by atoms with Gasteiger partial charge in [-0.3, -0.25) is 15.1 Å². The number of nitrogens with one attached hydrogen (secondary N) is 2. The summed E-state index contributed by atoms with van der Waals surface area (Å²) in [5.41, 5.74) is 2.19. The number of pyridine rings is 1. The van der Waals surface area contributed by atoms with E-state index in [0.717, 1.165) is 5.56 Å². The van der Waals surface area contributed by atoms with Crippen LogP contribution in [0.2, 0.25) is 0 Å². The first kappa shape index (κ1) is 18.5. The first-order valence-electron chi connectivity index (χ1n) is 8.15. The van der Waals surface area contributed by atoms with Crippen molar-refractivity contribution in [1.82, 2.24) is 25.4 Å². The highest BCUT2D eigenvalue weighted by molar-refractivity contribution is 7.18. The Kier molecular flexibility index (Phi) is 5.72. The van der Waals surface area contributed by atoms with Crippen molar-refractivity contribution in [2.45, 2.75) is 6.54 Å². The summed E-state index contributed by atoms with van der Waals surface area (Å²) >= 11 is 1.26. The monoisotopic (exact) mass is 382 g/mol. The van der Waals surface area contributed by atoms with Crippen molar-refractivity contribution in [3.05, 3.63) is 59.8 Å². The third kappa shape index (κ3) is 4.64. The number of carbonyl (C=O) groups excluding carboxylic acids is 2. The van der Waals surface area contributed by atoms with Gasteiger partial charge in [0.2, 0.25) is 5.13 Å². The van der Waals surface area contributed by atoms with Gasteiger partial charge < -0.3 is 10.2 Å². The molecule has 0 fully saturated rings. The Balaban J connectivity index is 1.59. The summed E-state index contributed by atoms with van der Waals surface area (Å²) < 4.78 is 0. The predicted molar refractivity (Wildman–Crippen MR) is 103 cm³/mol. The fourth-order valence-corrected chi connectivity index (χ4v) is 3.02. The van der Waals surface area contributed by atoms with Gasteiger partial charge >= 0.3 is 6.03 Å². The lowest BCUT2D eigenvalue weighted by Gasteiger charge is -2.17. The van der Waals surface area contributed by atoms with Gasteiger partial charge in [0.05, 0.1) is 0 Å². The van der Waals surface area contributed by atoms with Gasteiger partial charge in [-0.2, -0.15) is 0 Å². The number of amides is 3. The van der Waals surface area contributed by atoms with E-state index in [1.165, 1.54) is 16.2 Å². The van der Waals surface area contributed by atoms with Crippen LogP contribution in [0.5, 0.6) is 0 Å². The summed E-state index contributed by atoms with van der Waals surface area (Å²) in [5, 5.41) is 14.4. The van der Waals surface area contributed by atoms with E-state index in [9.17, 15) is 9.59 Å². The van der Waals surface area contributed by atoms with Gasteiger partial charge in [-0.1, -0.05) is 29.5 Å². The molecule has 0 aliphatic rings. The van der Waals surface area contributed by atoms with E-state index in [-0.39, 0.29) is 11.9 Å². The van der Waals surface area contributed by atoms with Crippen LogP contribution in [-0.4, -0.2) is 46.1 Å². The maximum atomic E-state index is 12.4. The van der Waals surface area contributed by atoms with E-state index < -0.39 is 0 Å². The molecule has 2 aromatic heterocycles. The molecule has 8 nitrogen and oxygen atoms in total. The molecule has 1 aromatic carbocycles. The summed E-state index contributed by atoms with van der Waals surface area (Å²) in [6.45, 7) is 0.395. The van der Waals surface area contributed by atoms with Crippen LogP contribution in [0.15, 0.2) is 48.7 Å². The normalized spacial score (nSPS) is 10.3. The number of rotatable bonds is 5. The smallest absolute Gasteiger partial charge is 0.323 e. The molecule has 0 radical (unpaired) electrons. The van der Waals surface area contributed by atoms with Crippen LogP contribution in [0.1, 0.15) is 15.9 Å². The second kappa shape index (κ2) is 8.37. The summed E-state index contributed by atoms with van der Waals surface area (Å²) in [6, 6.07) is 12.3. The molecule has 9 heteroatoms. The van der Waals surface area contributed by atoms with Crippen molar-refractivity contribution in [1.29, 1.82) is 0 Å². The third-order valence-corrected chi connectivity index (χ3v) is 4.59. The maximum absolute atomic E-state index is 12.4. The molecular formula is C18H18N6O2S. The molecule has 0 bridgehead atoms. The molecule has 0 aliphatic carbocycles. The summed E-state index contributed by atoms with van der Waals surface area (Å²) in [4.78, 5) is 29.7. The van der Waals surface area contributed by atoms with Gasteiger partial charge in [-0.25, -0.2) is 4.79 Å². The Bertz CT molecular complexity index is 927. The van der Waals surface area contributed by atoms with Gasteiger partial charge in [-0.15, -0.1) is 10.2 Å². The van der Waals surface area contributed by atoms with Crippen molar-refractivity contribution < 1.29 is 9.59 Å². The number of nitrogens with zero attached hydrogens (tertiary/aromatic N) is 4. The van der Waals surface area contributed by atoms with Gasteiger partial charge in [0, 0.05) is 32.4 Å². The number of anilines is 1. The molecular weight excluding hydrogens is 364 g/mol. The van der Waals surface area contributed by atoms with Crippen molar-refractivity contribution in [3.8, 4) is 10.7 Å². The molecule has 3 aromatic rings. The summed E-state index contributed by atoms with van der Waals surface area (Å²) in [6.07, 6.45) is 1.68. The zero-order chi connectivity index (χ0) is 19.2. The number of hydrogen-bond donors (Lipinski definition) is 2. The van der Waals surface area contributed by atoms with Crippen molar-refractivity contribution in [3.63, 3.8) is 0 Å². The molecule has 3 amide bonds. The standard InChI is InChI=1S/C18H18N6O2S/c1-19-15(25)13-8-6-12(7-9-13)11-24(2)18(26)21-17-23-22-16(27-17)14-5-3-4-10-20-14/h3-10H,11H2,1-2H3,(H,19,25)(H,21,23,26). The first-order valence-corrected chi connectivity index (χ1v) is 8.96. The molecule has 2 heterocycles. The lowest BCUT2D eigenvalue weighted by Crippen LogP contribution is -2.30. The third-order valence-electron chi connectivity index (χ3n) is 3.73. The minimum Gasteiger partial charge on any atom is -0.355 e. The molecule has 0 saturated carbocycles. The minimum absolute atomic E-state index is 0.146. The van der Waals surface area contributed by atoms with E-state index in [1.54, 1.807) is 32.4 Å². The van der Waals surface area contributed by atoms with Crippen LogP contribution in [0, 0.1) is 0 Å². The number of benzene rings is 1. The number of hydrogen-bond acceptors (Lipinski definition) is 6. The van der Waals surface area contributed by atoms with Crippen molar-refractivity contribution in [2.75, 3.05) is 19.4 Å². The van der Waals surface area contributed by atoms with Gasteiger partial charge in [-0.05, 0) is 29.8 Å². The quantitative estimate of drug-likeness (QED) is 0.707. The molecule has 0 saturated heterocycles. The maximum Gasteiger partial charge on any atom is 0.323 e. The van der Waals surface area contributed by atoms with Crippen molar-refractivity contribution in [2.24, 2.45) is 0 Å². The zero-order valence-corrected chi connectivity index (χ0v) is 15.7. The lowest BCUT2D eigenvalue weighted by molar-refractivity contribution is 0.0963. The van der Waals surface area contributed by atoms with Crippen LogP contribution in [0.4, 0.5) is 9.93 Å². The lowest BCUT2D eigenvalue weighted by atomic mass is 10.1. The van der Waals surface area contributed by atoms with E-state index in [4.69, 9.17) is 0 Å². The predicted octanol–water partition coefficient (Wildman–Crippen LogP) is 2.62. The first-order chi connectivity index (χ1) is 13.1. The average molecular weight is 382 g/mol. The SMILES string of the molecule is CNC(=O)c1ccc(CN(C)C(=O)Nc2nnc(-c3ccccn3)s2)cc1. The molecule has 2 N–H and O–H groups in total. The van der Waals surface area contributed by atoms with Crippen molar-refractivity contribution >= 4 is 28.4 Å². The highest BCUT2D eigenvalue weighted by atomic mass is 32.1. The van der Waals surface area contributed by atoms with Crippen LogP contribution in [-0.2, 0) is 6.54 Å². The Hall–Kier alpha value is -3.33. The number of aromatic nitrogens is 3.